The zero-order valence-electron chi connectivity index (χ0n) is 12.4. The highest BCUT2D eigenvalue weighted by atomic mass is 35.5. The van der Waals surface area contributed by atoms with Crippen LogP contribution in [-0.4, -0.2) is 14.1 Å². The van der Waals surface area contributed by atoms with Gasteiger partial charge >= 0.3 is 0 Å². The van der Waals surface area contributed by atoms with Gasteiger partial charge in [0.15, 0.2) is 0 Å². The molecule has 0 bridgehead atoms. The second-order valence-corrected chi connectivity index (χ2v) is 5.69. The van der Waals surface area contributed by atoms with Crippen molar-refractivity contribution in [2.45, 2.75) is 12.5 Å². The minimum absolute atomic E-state index is 0.601. The maximum Gasteiger partial charge on any atom is 0.148 e. The van der Waals surface area contributed by atoms with Gasteiger partial charge in [-0.1, -0.05) is 35.9 Å². The Balaban J connectivity index is 2.33. The second kappa shape index (κ2) is 6.07. The normalized spacial score (nSPS) is 13.1. The number of hydrogen-bond acceptors (Lipinski definition) is 3. The molecule has 0 aromatic heterocycles. The van der Waals surface area contributed by atoms with E-state index in [2.05, 4.69) is 11.4 Å². The van der Waals surface area contributed by atoms with E-state index < -0.39 is 5.54 Å². The first-order chi connectivity index (χ1) is 9.96. The molecule has 0 spiro atoms. The molecular formula is C17H18ClN3. The maximum atomic E-state index is 9.60. The Kier molecular flexibility index (Phi) is 4.40. The summed E-state index contributed by atoms with van der Waals surface area (Å²) < 4.78 is 0. The third kappa shape index (κ3) is 3.29. The van der Waals surface area contributed by atoms with Crippen molar-refractivity contribution in [3.63, 3.8) is 0 Å². The molecule has 0 aliphatic heterocycles. The van der Waals surface area contributed by atoms with Crippen LogP contribution in [0.3, 0.4) is 0 Å². The predicted molar refractivity (Wildman–Crippen MR) is 88.8 cm³/mol. The smallest absolute Gasteiger partial charge is 0.148 e. The molecule has 0 amide bonds. The van der Waals surface area contributed by atoms with E-state index >= 15 is 0 Å². The molecule has 3 nitrogen and oxygen atoms in total. The van der Waals surface area contributed by atoms with Crippen molar-refractivity contribution in [2.24, 2.45) is 0 Å². The number of nitriles is 1. The van der Waals surface area contributed by atoms with Gasteiger partial charge in [-0.15, -0.1) is 0 Å². The monoisotopic (exact) mass is 299 g/mol. The summed E-state index contributed by atoms with van der Waals surface area (Å²) in [7, 11) is 3.97. The van der Waals surface area contributed by atoms with Crippen molar-refractivity contribution in [3.05, 3.63) is 59.1 Å². The fraction of sp³-hybridized carbons (Fsp3) is 0.235. The molecule has 0 aliphatic rings. The van der Waals surface area contributed by atoms with Crippen LogP contribution in [0.15, 0.2) is 48.5 Å². The van der Waals surface area contributed by atoms with Gasteiger partial charge in [0, 0.05) is 19.8 Å². The van der Waals surface area contributed by atoms with Crippen molar-refractivity contribution < 1.29 is 0 Å². The number of para-hydroxylation sites is 1. The first kappa shape index (κ1) is 15.2. The lowest BCUT2D eigenvalue weighted by molar-refractivity contribution is 0.706. The molecule has 2 aromatic carbocycles. The number of hydrogen-bond donors (Lipinski definition) is 1. The third-order valence-electron chi connectivity index (χ3n) is 3.44. The fourth-order valence-electron chi connectivity index (χ4n) is 2.09. The summed E-state index contributed by atoms with van der Waals surface area (Å²) in [6.45, 7) is 1.85. The summed E-state index contributed by atoms with van der Waals surface area (Å²) in [4.78, 5) is 2.02. The van der Waals surface area contributed by atoms with Crippen LogP contribution < -0.4 is 10.2 Å². The van der Waals surface area contributed by atoms with Crippen molar-refractivity contribution in [1.82, 2.24) is 0 Å². The van der Waals surface area contributed by atoms with E-state index in [1.165, 1.54) is 0 Å². The lowest BCUT2D eigenvalue weighted by Gasteiger charge is -2.26. The summed E-state index contributed by atoms with van der Waals surface area (Å²) in [5.41, 5.74) is 1.91. The Morgan fingerprint density at radius 2 is 1.71 bits per heavy atom. The molecule has 0 saturated heterocycles. The summed E-state index contributed by atoms with van der Waals surface area (Å²) in [6.07, 6.45) is 0. The average molecular weight is 300 g/mol. The van der Waals surface area contributed by atoms with Crippen LogP contribution in [0.4, 0.5) is 11.4 Å². The molecule has 2 rings (SSSR count). The standard InChI is InChI=1S/C17H18ClN3/c1-17(12-19,20-16-7-5-4-6-15(16)18)13-8-10-14(11-9-13)21(2)3/h4-11,20H,1-3H3. The molecule has 0 saturated carbocycles. The molecule has 0 aliphatic carbocycles. The molecule has 1 unspecified atom stereocenters. The van der Waals surface area contributed by atoms with Gasteiger partial charge in [-0.3, -0.25) is 0 Å². The SMILES string of the molecule is CN(C)c1ccc(C(C)(C#N)Nc2ccccc2Cl)cc1. The van der Waals surface area contributed by atoms with Gasteiger partial charge in [-0.05, 0) is 36.8 Å². The van der Waals surface area contributed by atoms with Gasteiger partial charge in [-0.2, -0.15) is 5.26 Å². The van der Waals surface area contributed by atoms with E-state index in [1.807, 2.05) is 68.4 Å². The van der Waals surface area contributed by atoms with Crippen LogP contribution in [0.25, 0.3) is 0 Å². The van der Waals surface area contributed by atoms with Crippen LogP contribution in [0, 0.1) is 11.3 Å². The van der Waals surface area contributed by atoms with Crippen LogP contribution in [-0.2, 0) is 5.54 Å². The Labute approximate surface area is 130 Å². The third-order valence-corrected chi connectivity index (χ3v) is 3.77. The van der Waals surface area contributed by atoms with E-state index in [9.17, 15) is 5.26 Å². The second-order valence-electron chi connectivity index (χ2n) is 5.28. The minimum Gasteiger partial charge on any atom is -0.378 e. The van der Waals surface area contributed by atoms with Gasteiger partial charge in [-0.25, -0.2) is 0 Å². The Hall–Kier alpha value is -2.18. The largest absolute Gasteiger partial charge is 0.378 e. The minimum atomic E-state index is -0.837. The zero-order chi connectivity index (χ0) is 15.5. The molecule has 0 fully saturated rings. The molecule has 1 N–H and O–H groups in total. The quantitative estimate of drug-likeness (QED) is 0.917. The van der Waals surface area contributed by atoms with Crippen LogP contribution in [0.5, 0.6) is 0 Å². The topological polar surface area (TPSA) is 39.1 Å². The van der Waals surface area contributed by atoms with Crippen LogP contribution in [0.1, 0.15) is 12.5 Å². The van der Waals surface area contributed by atoms with Gasteiger partial charge < -0.3 is 10.2 Å². The van der Waals surface area contributed by atoms with Crippen LogP contribution >= 0.6 is 11.6 Å². The lowest BCUT2D eigenvalue weighted by atomic mass is 9.93. The van der Waals surface area contributed by atoms with Gasteiger partial charge in [0.2, 0.25) is 0 Å². The maximum absolute atomic E-state index is 9.60. The van der Waals surface area contributed by atoms with Crippen molar-refractivity contribution >= 4 is 23.0 Å². The molecule has 0 radical (unpaired) electrons. The summed E-state index contributed by atoms with van der Waals surface area (Å²) in [5, 5.41) is 13.4. The summed E-state index contributed by atoms with van der Waals surface area (Å²) >= 11 is 6.16. The fourth-order valence-corrected chi connectivity index (χ4v) is 2.27. The van der Waals surface area contributed by atoms with E-state index in [-0.39, 0.29) is 0 Å². The number of nitrogens with one attached hydrogen (secondary N) is 1. The van der Waals surface area contributed by atoms with E-state index in [0.717, 1.165) is 16.9 Å². The lowest BCUT2D eigenvalue weighted by Crippen LogP contribution is -2.30. The van der Waals surface area contributed by atoms with Crippen molar-refractivity contribution in [2.75, 3.05) is 24.3 Å². The summed E-state index contributed by atoms with van der Waals surface area (Å²) in [6, 6.07) is 17.7. The molecule has 0 heterocycles. The number of nitrogens with zero attached hydrogens (tertiary/aromatic N) is 2. The highest BCUT2D eigenvalue weighted by Gasteiger charge is 2.26. The van der Waals surface area contributed by atoms with E-state index in [1.54, 1.807) is 6.07 Å². The van der Waals surface area contributed by atoms with Gasteiger partial charge in [0.1, 0.15) is 5.54 Å². The van der Waals surface area contributed by atoms with E-state index in [0.29, 0.717) is 5.02 Å². The molecule has 2 aromatic rings. The van der Waals surface area contributed by atoms with Crippen molar-refractivity contribution in [3.8, 4) is 6.07 Å². The average Bonchev–Trinajstić information content (AvgIpc) is 2.49. The number of rotatable bonds is 4. The number of halogens is 1. The molecule has 1 atom stereocenters. The molecule has 4 heteroatoms. The van der Waals surface area contributed by atoms with E-state index in [4.69, 9.17) is 11.6 Å². The Morgan fingerprint density at radius 3 is 2.24 bits per heavy atom. The van der Waals surface area contributed by atoms with Crippen molar-refractivity contribution in [1.29, 1.82) is 5.26 Å². The molecule has 21 heavy (non-hydrogen) atoms. The number of anilines is 2. The highest BCUT2D eigenvalue weighted by molar-refractivity contribution is 6.33. The summed E-state index contributed by atoms with van der Waals surface area (Å²) in [5.74, 6) is 0. The Bertz CT molecular complexity index is 658. The first-order valence-corrected chi connectivity index (χ1v) is 7.06. The number of benzene rings is 2. The predicted octanol–water partition coefficient (Wildman–Crippen LogP) is 4.26. The van der Waals surface area contributed by atoms with Gasteiger partial charge in [0.25, 0.3) is 0 Å². The van der Waals surface area contributed by atoms with Crippen LogP contribution in [0.2, 0.25) is 5.02 Å². The Morgan fingerprint density at radius 1 is 1.10 bits per heavy atom. The molecule has 108 valence electrons. The zero-order valence-corrected chi connectivity index (χ0v) is 13.1. The molecular weight excluding hydrogens is 282 g/mol. The first-order valence-electron chi connectivity index (χ1n) is 6.68. The highest BCUT2D eigenvalue weighted by Crippen LogP contribution is 2.30. The van der Waals surface area contributed by atoms with Gasteiger partial charge in [0.05, 0.1) is 16.8 Å².